The molecule has 0 saturated carbocycles. The third-order valence-corrected chi connectivity index (χ3v) is 3.26. The van der Waals surface area contributed by atoms with Crippen LogP contribution in [-0.2, 0) is 0 Å². The van der Waals surface area contributed by atoms with Crippen LogP contribution >= 0.6 is 0 Å². The van der Waals surface area contributed by atoms with Crippen molar-refractivity contribution < 1.29 is 4.74 Å². The summed E-state index contributed by atoms with van der Waals surface area (Å²) in [6.45, 7) is 0. The first-order valence-electron chi connectivity index (χ1n) is 5.97. The molecule has 0 radical (unpaired) electrons. The van der Waals surface area contributed by atoms with E-state index in [1.165, 1.54) is 10.8 Å². The molecule has 0 aromatic heterocycles. The Bertz CT molecular complexity index is 755. The van der Waals surface area contributed by atoms with Crippen LogP contribution in [0.15, 0.2) is 60.7 Å². The topological polar surface area (TPSA) is 21.3 Å². The number of fused-ring (bicyclic) bond motifs is 4. The predicted molar refractivity (Wildman–Crippen MR) is 82.3 cm³/mol. The van der Waals surface area contributed by atoms with Gasteiger partial charge in [0.15, 0.2) is 11.5 Å². The number of rotatable bonds is 0. The summed E-state index contributed by atoms with van der Waals surface area (Å²) in [5, 5.41) is 5.86. The molecule has 0 bridgehead atoms. The van der Waals surface area contributed by atoms with Gasteiger partial charge in [0, 0.05) is 5.39 Å². The third kappa shape index (κ3) is 1.88. The number of nitrogens with one attached hydrogen (secondary N) is 1. The fourth-order valence-corrected chi connectivity index (χ4v) is 2.38. The van der Waals surface area contributed by atoms with Crippen LogP contribution in [0.2, 0.25) is 0 Å². The van der Waals surface area contributed by atoms with E-state index in [9.17, 15) is 0 Å². The van der Waals surface area contributed by atoms with Crippen molar-refractivity contribution in [1.82, 2.24) is 0 Å². The molecule has 1 aliphatic rings. The summed E-state index contributed by atoms with van der Waals surface area (Å²) in [6.07, 6.45) is 0. The van der Waals surface area contributed by atoms with E-state index < -0.39 is 0 Å². The first-order valence-corrected chi connectivity index (χ1v) is 5.97. The largest absolute Gasteiger partial charge is 0.453 e. The Morgan fingerprint density at radius 1 is 0.737 bits per heavy atom. The van der Waals surface area contributed by atoms with Crippen LogP contribution < -0.4 is 10.1 Å². The normalized spacial score (nSPS) is 11.6. The molecule has 0 atom stereocenters. The van der Waals surface area contributed by atoms with Crippen molar-refractivity contribution in [2.75, 3.05) is 5.32 Å². The predicted octanol–water partition coefficient (Wildman–Crippen LogP) is 3.77. The molecule has 0 unspecified atom stereocenters. The summed E-state index contributed by atoms with van der Waals surface area (Å²) in [4.78, 5) is 0. The second-order valence-electron chi connectivity index (χ2n) is 4.38. The van der Waals surface area contributed by atoms with Crippen LogP contribution in [0.4, 0.5) is 11.4 Å². The van der Waals surface area contributed by atoms with Gasteiger partial charge in [-0.2, -0.15) is 0 Å². The Balaban J connectivity index is 0.00000110. The minimum absolute atomic E-state index is 0. The van der Waals surface area contributed by atoms with Gasteiger partial charge >= 0.3 is 17.1 Å². The summed E-state index contributed by atoms with van der Waals surface area (Å²) in [5.74, 6) is 1.76. The molecule has 0 amide bonds. The molecule has 3 aromatic rings. The van der Waals surface area contributed by atoms with Crippen molar-refractivity contribution in [2.45, 2.75) is 0 Å². The van der Waals surface area contributed by atoms with Gasteiger partial charge in [0.25, 0.3) is 0 Å². The number of benzene rings is 3. The van der Waals surface area contributed by atoms with Gasteiger partial charge in [-0.15, -0.1) is 0 Å². The monoisotopic (exact) mass is 315 g/mol. The van der Waals surface area contributed by atoms with Crippen LogP contribution in [-0.4, -0.2) is 17.1 Å². The quantitative estimate of drug-likeness (QED) is 0.499. The first-order chi connectivity index (χ1) is 8.92. The molecule has 0 spiro atoms. The van der Waals surface area contributed by atoms with Crippen LogP contribution in [0.3, 0.4) is 0 Å². The second-order valence-corrected chi connectivity index (χ2v) is 4.38. The Morgan fingerprint density at radius 3 is 2.47 bits per heavy atom. The summed E-state index contributed by atoms with van der Waals surface area (Å²) in [5.41, 5.74) is 2.06. The fourth-order valence-electron chi connectivity index (χ4n) is 2.38. The molecule has 1 N–H and O–H groups in total. The van der Waals surface area contributed by atoms with Crippen molar-refractivity contribution in [1.29, 1.82) is 0 Å². The van der Waals surface area contributed by atoms with Gasteiger partial charge in [-0.1, -0.05) is 42.5 Å². The minimum Gasteiger partial charge on any atom is -0.453 e. The second kappa shape index (κ2) is 4.61. The Kier molecular flexibility index (Phi) is 2.94. The fraction of sp³-hybridized carbons (Fsp3) is 0. The van der Waals surface area contributed by atoms with Gasteiger partial charge in [-0.3, -0.25) is 0 Å². The SMILES string of the molecule is [SeH2].c1ccc2c(c1)Nc1c(ccc3ccccc13)O2. The molecule has 1 heterocycles. The Morgan fingerprint density at radius 2 is 1.53 bits per heavy atom. The van der Waals surface area contributed by atoms with Crippen molar-refractivity contribution in [3.63, 3.8) is 0 Å². The summed E-state index contributed by atoms with van der Waals surface area (Å²) in [7, 11) is 0. The van der Waals surface area contributed by atoms with Gasteiger partial charge in [0.05, 0.1) is 11.4 Å². The van der Waals surface area contributed by atoms with E-state index in [0.29, 0.717) is 0 Å². The standard InChI is InChI=1S/C16H11NO.H2Se/c1-2-6-12-11(5-1)9-10-15-16(12)17-13-7-3-4-8-14(13)18-15;/h1-10,17H;1H2. The molecular formula is C16H13NOSe. The zero-order valence-corrected chi connectivity index (χ0v) is 12.3. The van der Waals surface area contributed by atoms with Crippen molar-refractivity contribution in [2.24, 2.45) is 0 Å². The molecular weight excluding hydrogens is 301 g/mol. The molecule has 4 rings (SSSR count). The smallest absolute Gasteiger partial charge is 0.151 e. The Labute approximate surface area is 121 Å². The molecule has 94 valence electrons. The molecule has 3 heteroatoms. The maximum absolute atomic E-state index is 5.92. The summed E-state index contributed by atoms with van der Waals surface area (Å²) < 4.78 is 5.92. The summed E-state index contributed by atoms with van der Waals surface area (Å²) >= 11 is 0. The Hall–Kier alpha value is -1.96. The van der Waals surface area contributed by atoms with Crippen molar-refractivity contribution >= 4 is 39.2 Å². The van der Waals surface area contributed by atoms with E-state index in [1.54, 1.807) is 0 Å². The number of hydrogen-bond donors (Lipinski definition) is 1. The number of para-hydroxylation sites is 2. The van der Waals surface area contributed by atoms with Crippen molar-refractivity contribution in [3.05, 3.63) is 60.7 Å². The van der Waals surface area contributed by atoms with Gasteiger partial charge in [0.1, 0.15) is 0 Å². The molecule has 0 aliphatic carbocycles. The molecule has 19 heavy (non-hydrogen) atoms. The van der Waals surface area contributed by atoms with Crippen LogP contribution in [0.1, 0.15) is 0 Å². The van der Waals surface area contributed by atoms with Crippen LogP contribution in [0.25, 0.3) is 10.8 Å². The number of anilines is 2. The van der Waals surface area contributed by atoms with E-state index in [2.05, 4.69) is 23.5 Å². The van der Waals surface area contributed by atoms with Gasteiger partial charge in [-0.05, 0) is 23.6 Å². The average Bonchev–Trinajstić information content (AvgIpc) is 2.45. The van der Waals surface area contributed by atoms with Gasteiger partial charge < -0.3 is 10.1 Å². The first kappa shape index (κ1) is 12.1. The summed E-state index contributed by atoms with van der Waals surface area (Å²) in [6, 6.07) is 20.4. The van der Waals surface area contributed by atoms with E-state index in [1.807, 2.05) is 42.5 Å². The van der Waals surface area contributed by atoms with E-state index in [4.69, 9.17) is 4.74 Å². The molecule has 1 aliphatic heterocycles. The maximum Gasteiger partial charge on any atom is 0.151 e. The number of hydrogen-bond acceptors (Lipinski definition) is 2. The van der Waals surface area contributed by atoms with Crippen LogP contribution in [0.5, 0.6) is 11.5 Å². The van der Waals surface area contributed by atoms with E-state index in [-0.39, 0.29) is 17.1 Å². The minimum atomic E-state index is 0. The third-order valence-electron chi connectivity index (χ3n) is 3.26. The van der Waals surface area contributed by atoms with Gasteiger partial charge in [0.2, 0.25) is 0 Å². The van der Waals surface area contributed by atoms with Crippen molar-refractivity contribution in [3.8, 4) is 11.5 Å². The average molecular weight is 314 g/mol. The molecule has 0 fully saturated rings. The van der Waals surface area contributed by atoms with E-state index in [0.717, 1.165) is 22.9 Å². The zero-order valence-electron chi connectivity index (χ0n) is 10.2. The van der Waals surface area contributed by atoms with Crippen LogP contribution in [0, 0.1) is 0 Å². The zero-order chi connectivity index (χ0) is 11.9. The maximum atomic E-state index is 5.92. The van der Waals surface area contributed by atoms with E-state index >= 15 is 0 Å². The molecule has 3 aromatic carbocycles. The van der Waals surface area contributed by atoms with Gasteiger partial charge in [-0.25, -0.2) is 0 Å². The molecule has 2 nitrogen and oxygen atoms in total. The molecule has 0 saturated heterocycles. The number of ether oxygens (including phenoxy) is 1.